The van der Waals surface area contributed by atoms with Gasteiger partial charge >= 0.3 is 0 Å². The largest absolute Gasteiger partial charge is 0.381 e. The number of nitrogens with one attached hydrogen (secondary N) is 1. The summed E-state index contributed by atoms with van der Waals surface area (Å²) >= 11 is 2.20. The van der Waals surface area contributed by atoms with Crippen molar-refractivity contribution < 1.29 is 4.74 Å². The predicted molar refractivity (Wildman–Crippen MR) is 75.7 cm³/mol. The van der Waals surface area contributed by atoms with Gasteiger partial charge in [0.05, 0.1) is 6.61 Å². The second-order valence-electron chi connectivity index (χ2n) is 5.75. The molecule has 0 radical (unpaired) electrons. The maximum absolute atomic E-state index is 5.50. The van der Waals surface area contributed by atoms with Crippen molar-refractivity contribution in [3.05, 3.63) is 0 Å². The highest BCUT2D eigenvalue weighted by molar-refractivity contribution is 7.99. The van der Waals surface area contributed by atoms with Crippen LogP contribution in [-0.2, 0) is 4.74 Å². The van der Waals surface area contributed by atoms with E-state index in [9.17, 15) is 0 Å². The Bertz CT molecular complexity index is 218. The van der Waals surface area contributed by atoms with Crippen LogP contribution >= 0.6 is 11.8 Å². The number of hydrogen-bond donors (Lipinski definition) is 1. The molecule has 1 heterocycles. The van der Waals surface area contributed by atoms with Crippen molar-refractivity contribution in [3.63, 3.8) is 0 Å². The molecular weight excluding hydrogens is 230 g/mol. The van der Waals surface area contributed by atoms with E-state index in [1.54, 1.807) is 0 Å². The first-order valence-electron chi connectivity index (χ1n) is 7.16. The molecule has 4 unspecified atom stereocenters. The molecular formula is C14H27NOS. The quantitative estimate of drug-likeness (QED) is 0.818. The third-order valence-corrected chi connectivity index (χ3v) is 5.76. The Balaban J connectivity index is 1.71. The van der Waals surface area contributed by atoms with Gasteiger partial charge in [0.25, 0.3) is 0 Å². The number of ether oxygens (including phenoxy) is 1. The van der Waals surface area contributed by atoms with Gasteiger partial charge in [-0.25, -0.2) is 0 Å². The van der Waals surface area contributed by atoms with E-state index in [4.69, 9.17) is 4.74 Å². The molecule has 3 heteroatoms. The summed E-state index contributed by atoms with van der Waals surface area (Å²) in [5.41, 5.74) is 0. The fourth-order valence-corrected chi connectivity index (χ4v) is 4.81. The summed E-state index contributed by atoms with van der Waals surface area (Å²) in [4.78, 5) is 0. The zero-order valence-electron chi connectivity index (χ0n) is 11.3. The van der Waals surface area contributed by atoms with Gasteiger partial charge in [-0.05, 0) is 32.2 Å². The Labute approximate surface area is 110 Å². The Kier molecular flexibility index (Phi) is 5.64. The summed E-state index contributed by atoms with van der Waals surface area (Å²) in [6, 6.07) is 0.653. The second-order valence-corrected chi connectivity index (χ2v) is 7.08. The first-order valence-corrected chi connectivity index (χ1v) is 8.21. The smallest absolute Gasteiger partial charge is 0.0510 e. The second kappa shape index (κ2) is 7.01. The molecule has 2 fully saturated rings. The molecule has 1 aliphatic heterocycles. The highest BCUT2D eigenvalue weighted by Crippen LogP contribution is 2.33. The lowest BCUT2D eigenvalue weighted by Gasteiger charge is -2.29. The van der Waals surface area contributed by atoms with Gasteiger partial charge in [0.1, 0.15) is 0 Å². The normalized spacial score (nSPS) is 36.0. The Morgan fingerprint density at radius 2 is 2.24 bits per heavy atom. The molecule has 4 atom stereocenters. The molecule has 1 N–H and O–H groups in total. The number of rotatable bonds is 5. The lowest BCUT2D eigenvalue weighted by Crippen LogP contribution is -2.37. The average Bonchev–Trinajstić information content (AvgIpc) is 2.84. The van der Waals surface area contributed by atoms with Gasteiger partial charge < -0.3 is 10.1 Å². The van der Waals surface area contributed by atoms with Crippen LogP contribution < -0.4 is 5.32 Å². The summed E-state index contributed by atoms with van der Waals surface area (Å²) in [5.74, 6) is 2.96. The summed E-state index contributed by atoms with van der Waals surface area (Å²) in [6.07, 6.45) is 7.00. The van der Waals surface area contributed by atoms with Crippen molar-refractivity contribution in [3.8, 4) is 0 Å². The van der Waals surface area contributed by atoms with Crippen molar-refractivity contribution in [1.82, 2.24) is 5.32 Å². The maximum Gasteiger partial charge on any atom is 0.0510 e. The molecule has 17 heavy (non-hydrogen) atoms. The third-order valence-electron chi connectivity index (χ3n) is 4.30. The SMILES string of the molecule is CNC(CSC1CCCC(C)C1)C1CCOC1. The number of hydrogen-bond acceptors (Lipinski definition) is 3. The van der Waals surface area contributed by atoms with Crippen LogP contribution in [-0.4, -0.2) is 37.3 Å². The van der Waals surface area contributed by atoms with Crippen LogP contribution in [0.5, 0.6) is 0 Å². The minimum atomic E-state index is 0.653. The minimum absolute atomic E-state index is 0.653. The van der Waals surface area contributed by atoms with Crippen molar-refractivity contribution in [2.75, 3.05) is 26.0 Å². The molecule has 1 saturated carbocycles. The van der Waals surface area contributed by atoms with E-state index in [0.717, 1.165) is 30.3 Å². The maximum atomic E-state index is 5.50. The van der Waals surface area contributed by atoms with Crippen LogP contribution in [0.4, 0.5) is 0 Å². The molecule has 0 bridgehead atoms. The Morgan fingerprint density at radius 3 is 2.88 bits per heavy atom. The van der Waals surface area contributed by atoms with Crippen molar-refractivity contribution in [2.24, 2.45) is 11.8 Å². The highest BCUT2D eigenvalue weighted by Gasteiger charge is 2.26. The topological polar surface area (TPSA) is 21.3 Å². The zero-order valence-corrected chi connectivity index (χ0v) is 12.1. The Hall–Kier alpha value is 0.270. The lowest BCUT2D eigenvalue weighted by molar-refractivity contribution is 0.179. The van der Waals surface area contributed by atoms with Gasteiger partial charge in [0.15, 0.2) is 0 Å². The first kappa shape index (κ1) is 13.7. The Morgan fingerprint density at radius 1 is 1.35 bits per heavy atom. The molecule has 0 spiro atoms. The molecule has 0 aromatic rings. The van der Waals surface area contributed by atoms with Crippen molar-refractivity contribution in [1.29, 1.82) is 0 Å². The molecule has 100 valence electrons. The molecule has 2 rings (SSSR count). The first-order chi connectivity index (χ1) is 8.29. The van der Waals surface area contributed by atoms with Crippen LogP contribution in [0, 0.1) is 11.8 Å². The van der Waals surface area contributed by atoms with Crippen molar-refractivity contribution in [2.45, 2.75) is 50.3 Å². The monoisotopic (exact) mass is 257 g/mol. The highest BCUT2D eigenvalue weighted by atomic mass is 32.2. The van der Waals surface area contributed by atoms with Crippen LogP contribution in [0.1, 0.15) is 39.0 Å². The van der Waals surface area contributed by atoms with Gasteiger partial charge in [0.2, 0.25) is 0 Å². The van der Waals surface area contributed by atoms with Crippen LogP contribution in [0.3, 0.4) is 0 Å². The molecule has 1 saturated heterocycles. The predicted octanol–water partition coefficient (Wildman–Crippen LogP) is 2.92. The van der Waals surface area contributed by atoms with E-state index in [2.05, 4.69) is 31.1 Å². The summed E-state index contributed by atoms with van der Waals surface area (Å²) in [7, 11) is 2.10. The van der Waals surface area contributed by atoms with Crippen LogP contribution in [0.15, 0.2) is 0 Å². The van der Waals surface area contributed by atoms with E-state index >= 15 is 0 Å². The summed E-state index contributed by atoms with van der Waals surface area (Å²) in [6.45, 7) is 4.34. The van der Waals surface area contributed by atoms with Gasteiger partial charge in [-0.2, -0.15) is 11.8 Å². The lowest BCUT2D eigenvalue weighted by atomic mass is 9.91. The number of thioether (sulfide) groups is 1. The average molecular weight is 257 g/mol. The fraction of sp³-hybridized carbons (Fsp3) is 1.00. The molecule has 2 aliphatic rings. The van der Waals surface area contributed by atoms with Gasteiger partial charge in [-0.1, -0.05) is 19.8 Å². The zero-order chi connectivity index (χ0) is 12.1. The van der Waals surface area contributed by atoms with E-state index in [1.807, 2.05) is 0 Å². The molecule has 2 nitrogen and oxygen atoms in total. The summed E-state index contributed by atoms with van der Waals surface area (Å²) in [5, 5.41) is 4.41. The molecule has 1 aliphatic carbocycles. The van der Waals surface area contributed by atoms with E-state index in [-0.39, 0.29) is 0 Å². The molecule has 0 aromatic carbocycles. The van der Waals surface area contributed by atoms with E-state index in [1.165, 1.54) is 37.9 Å². The van der Waals surface area contributed by atoms with Gasteiger partial charge in [-0.3, -0.25) is 0 Å². The standard InChI is InChI=1S/C14H27NOS/c1-11-4-3-5-13(8-11)17-10-14(15-2)12-6-7-16-9-12/h11-15H,3-10H2,1-2H3. The fourth-order valence-electron chi connectivity index (χ4n) is 3.09. The van der Waals surface area contributed by atoms with Crippen LogP contribution in [0.2, 0.25) is 0 Å². The van der Waals surface area contributed by atoms with Gasteiger partial charge in [0, 0.05) is 29.6 Å². The van der Waals surface area contributed by atoms with Crippen molar-refractivity contribution >= 4 is 11.8 Å². The third kappa shape index (κ3) is 4.15. The molecule has 0 amide bonds. The van der Waals surface area contributed by atoms with Gasteiger partial charge in [-0.15, -0.1) is 0 Å². The summed E-state index contributed by atoms with van der Waals surface area (Å²) < 4.78 is 5.50. The minimum Gasteiger partial charge on any atom is -0.381 e. The van der Waals surface area contributed by atoms with E-state index < -0.39 is 0 Å². The van der Waals surface area contributed by atoms with E-state index in [0.29, 0.717) is 6.04 Å². The van der Waals surface area contributed by atoms with Crippen LogP contribution in [0.25, 0.3) is 0 Å². The molecule has 0 aromatic heterocycles.